The summed E-state index contributed by atoms with van der Waals surface area (Å²) in [7, 11) is 0. The number of nitrogens with two attached hydrogens (primary N) is 1. The average Bonchev–Trinajstić information content (AvgIpc) is 2.40. The predicted octanol–water partition coefficient (Wildman–Crippen LogP) is 4.06. The molecule has 2 N–H and O–H groups in total. The van der Waals surface area contributed by atoms with Crippen LogP contribution in [0.2, 0.25) is 0 Å². The van der Waals surface area contributed by atoms with E-state index < -0.39 is 11.9 Å². The molecule has 0 amide bonds. The molecule has 0 fully saturated rings. The Hall–Kier alpha value is -1.83. The summed E-state index contributed by atoms with van der Waals surface area (Å²) in [6.07, 6.45) is -1.71. The lowest BCUT2D eigenvalue weighted by atomic mass is 10.1. The molecule has 0 aliphatic carbocycles. The highest BCUT2D eigenvalue weighted by atomic mass is 32.2. The molecule has 2 heterocycles. The second-order valence-electron chi connectivity index (χ2n) is 5.03. The number of pyridine rings is 1. The third kappa shape index (κ3) is 3.68. The normalized spacial score (nSPS) is 12.0. The molecule has 2 aromatic rings. The van der Waals surface area contributed by atoms with Gasteiger partial charge >= 0.3 is 6.18 Å². The Kier molecular flexibility index (Phi) is 4.60. The van der Waals surface area contributed by atoms with Crippen molar-refractivity contribution in [1.29, 1.82) is 0 Å². The van der Waals surface area contributed by atoms with Gasteiger partial charge in [0.2, 0.25) is 0 Å². The molecule has 0 saturated carbocycles. The van der Waals surface area contributed by atoms with Crippen LogP contribution in [0.15, 0.2) is 28.3 Å². The highest BCUT2D eigenvalue weighted by molar-refractivity contribution is 7.99. The molecular weight excluding hydrogens is 313 g/mol. The molecule has 0 aliphatic heterocycles. The number of nitrogens with zero attached hydrogens (tertiary/aromatic N) is 3. The van der Waals surface area contributed by atoms with E-state index in [1.807, 2.05) is 13.8 Å². The van der Waals surface area contributed by atoms with Crippen molar-refractivity contribution in [2.24, 2.45) is 0 Å². The Morgan fingerprint density at radius 2 is 1.82 bits per heavy atom. The van der Waals surface area contributed by atoms with E-state index >= 15 is 0 Å². The fourth-order valence-corrected chi connectivity index (χ4v) is 2.87. The van der Waals surface area contributed by atoms with Crippen LogP contribution in [-0.2, 0) is 6.18 Å². The van der Waals surface area contributed by atoms with Crippen molar-refractivity contribution < 1.29 is 13.2 Å². The summed E-state index contributed by atoms with van der Waals surface area (Å²) >= 11 is 1.12. The first-order valence-corrected chi connectivity index (χ1v) is 7.34. The largest absolute Gasteiger partial charge is 0.433 e. The topological polar surface area (TPSA) is 64.7 Å². The summed E-state index contributed by atoms with van der Waals surface area (Å²) in [6.45, 7) is 5.48. The van der Waals surface area contributed by atoms with Crippen LogP contribution in [0.25, 0.3) is 0 Å². The summed E-state index contributed by atoms with van der Waals surface area (Å²) in [5.41, 5.74) is 5.60. The van der Waals surface area contributed by atoms with Crippen molar-refractivity contribution in [3.8, 4) is 0 Å². The average molecular weight is 328 g/mol. The van der Waals surface area contributed by atoms with E-state index in [-0.39, 0.29) is 11.7 Å². The molecule has 22 heavy (non-hydrogen) atoms. The molecule has 0 saturated heterocycles. The Bertz CT molecular complexity index is 686. The smallest absolute Gasteiger partial charge is 0.383 e. The maximum Gasteiger partial charge on any atom is 0.433 e. The van der Waals surface area contributed by atoms with Crippen molar-refractivity contribution in [1.82, 2.24) is 15.0 Å². The van der Waals surface area contributed by atoms with Gasteiger partial charge in [-0.15, -0.1) is 0 Å². The Morgan fingerprint density at radius 1 is 1.14 bits per heavy atom. The maximum atomic E-state index is 12.9. The zero-order valence-electron chi connectivity index (χ0n) is 12.3. The summed E-state index contributed by atoms with van der Waals surface area (Å²) in [5.74, 6) is 0.791. The van der Waals surface area contributed by atoms with Crippen molar-refractivity contribution in [2.45, 2.75) is 42.7 Å². The molecule has 8 heteroatoms. The standard InChI is InChI=1S/C14H15F3N4S/c1-7(2)9-5-20-12(14(15,16)17)4-10(9)22-11-6-19-8(3)21-13(11)18/h4-7H,1-3H3,(H2,18,19,21). The van der Waals surface area contributed by atoms with Crippen LogP contribution in [-0.4, -0.2) is 15.0 Å². The fraction of sp³-hybridized carbons (Fsp3) is 0.357. The zero-order valence-corrected chi connectivity index (χ0v) is 13.1. The van der Waals surface area contributed by atoms with Gasteiger partial charge < -0.3 is 5.73 Å². The SMILES string of the molecule is Cc1ncc(Sc2cc(C(F)(F)F)ncc2C(C)C)c(N)n1. The van der Waals surface area contributed by atoms with Crippen molar-refractivity contribution in [2.75, 3.05) is 5.73 Å². The lowest BCUT2D eigenvalue weighted by Crippen LogP contribution is -2.09. The van der Waals surface area contributed by atoms with Crippen LogP contribution in [0.1, 0.15) is 36.8 Å². The first-order chi connectivity index (χ1) is 10.2. The molecule has 0 radical (unpaired) electrons. The van der Waals surface area contributed by atoms with Crippen LogP contribution in [0.3, 0.4) is 0 Å². The number of nitrogen functional groups attached to an aromatic ring is 1. The van der Waals surface area contributed by atoms with Gasteiger partial charge in [-0.1, -0.05) is 25.6 Å². The number of hydrogen-bond donors (Lipinski definition) is 1. The monoisotopic (exact) mass is 328 g/mol. The second-order valence-corrected chi connectivity index (χ2v) is 6.11. The molecule has 0 unspecified atom stereocenters. The highest BCUT2D eigenvalue weighted by Gasteiger charge is 2.33. The van der Waals surface area contributed by atoms with E-state index in [0.29, 0.717) is 15.6 Å². The van der Waals surface area contributed by atoms with Crippen LogP contribution in [0.5, 0.6) is 0 Å². The van der Waals surface area contributed by atoms with Crippen LogP contribution in [0, 0.1) is 6.92 Å². The molecule has 0 spiro atoms. The predicted molar refractivity (Wildman–Crippen MR) is 78.6 cm³/mol. The summed E-state index contributed by atoms with van der Waals surface area (Å²) in [5, 5.41) is 0. The maximum absolute atomic E-state index is 12.9. The van der Waals surface area contributed by atoms with Gasteiger partial charge in [-0.2, -0.15) is 13.2 Å². The molecule has 118 valence electrons. The number of rotatable bonds is 3. The van der Waals surface area contributed by atoms with Crippen LogP contribution < -0.4 is 5.73 Å². The van der Waals surface area contributed by atoms with Crippen molar-refractivity contribution >= 4 is 17.6 Å². The first-order valence-electron chi connectivity index (χ1n) is 6.52. The minimum Gasteiger partial charge on any atom is -0.383 e. The molecule has 0 aromatic carbocycles. The number of hydrogen-bond acceptors (Lipinski definition) is 5. The van der Waals surface area contributed by atoms with Gasteiger partial charge in [0.15, 0.2) is 0 Å². The number of alkyl halides is 3. The third-order valence-corrected chi connectivity index (χ3v) is 4.04. The second kappa shape index (κ2) is 6.12. The number of aryl methyl sites for hydroxylation is 1. The van der Waals surface area contributed by atoms with Crippen LogP contribution in [0.4, 0.5) is 19.0 Å². The number of halogens is 3. The van der Waals surface area contributed by atoms with E-state index in [0.717, 1.165) is 23.4 Å². The first kappa shape index (κ1) is 16.5. The Morgan fingerprint density at radius 3 is 2.36 bits per heavy atom. The number of anilines is 1. The minimum absolute atomic E-state index is 0.0323. The molecule has 4 nitrogen and oxygen atoms in total. The zero-order chi connectivity index (χ0) is 16.5. The van der Waals surface area contributed by atoms with Gasteiger partial charge in [0.25, 0.3) is 0 Å². The molecule has 2 rings (SSSR count). The molecular formula is C14H15F3N4S. The Labute approximate surface area is 130 Å². The van der Waals surface area contributed by atoms with Gasteiger partial charge in [-0.05, 0) is 24.5 Å². The quantitative estimate of drug-likeness (QED) is 0.920. The van der Waals surface area contributed by atoms with Gasteiger partial charge in [0, 0.05) is 17.3 Å². The van der Waals surface area contributed by atoms with Crippen molar-refractivity contribution in [3.05, 3.63) is 35.5 Å². The van der Waals surface area contributed by atoms with Gasteiger partial charge in [-0.25, -0.2) is 9.97 Å². The van der Waals surface area contributed by atoms with E-state index in [1.54, 1.807) is 6.92 Å². The lowest BCUT2D eigenvalue weighted by Gasteiger charge is -2.15. The van der Waals surface area contributed by atoms with Gasteiger partial charge in [0.05, 0.1) is 4.90 Å². The molecule has 2 aromatic heterocycles. The summed E-state index contributed by atoms with van der Waals surface area (Å²) in [6, 6.07) is 1.04. The number of aromatic nitrogens is 3. The molecule has 0 aliphatic rings. The highest BCUT2D eigenvalue weighted by Crippen LogP contribution is 2.38. The van der Waals surface area contributed by atoms with Gasteiger partial charge in [-0.3, -0.25) is 4.98 Å². The summed E-state index contributed by atoms with van der Waals surface area (Å²) < 4.78 is 38.6. The molecule has 0 atom stereocenters. The summed E-state index contributed by atoms with van der Waals surface area (Å²) in [4.78, 5) is 12.5. The van der Waals surface area contributed by atoms with E-state index in [2.05, 4.69) is 15.0 Å². The van der Waals surface area contributed by atoms with E-state index in [1.165, 1.54) is 12.4 Å². The van der Waals surface area contributed by atoms with E-state index in [9.17, 15) is 13.2 Å². The Balaban J connectivity index is 2.47. The van der Waals surface area contributed by atoms with Crippen molar-refractivity contribution in [3.63, 3.8) is 0 Å². The van der Waals surface area contributed by atoms with E-state index in [4.69, 9.17) is 5.73 Å². The van der Waals surface area contributed by atoms with Crippen LogP contribution >= 0.6 is 11.8 Å². The minimum atomic E-state index is -4.49. The molecule has 0 bridgehead atoms. The van der Waals surface area contributed by atoms with Gasteiger partial charge in [0.1, 0.15) is 17.3 Å². The third-order valence-electron chi connectivity index (χ3n) is 2.93. The fourth-order valence-electron chi connectivity index (χ4n) is 1.80. The lowest BCUT2D eigenvalue weighted by molar-refractivity contribution is -0.141.